The zero-order chi connectivity index (χ0) is 18.1. The van der Waals surface area contributed by atoms with Crippen LogP contribution in [0.2, 0.25) is 0 Å². The van der Waals surface area contributed by atoms with E-state index in [-0.39, 0.29) is 4.90 Å². The van der Waals surface area contributed by atoms with Gasteiger partial charge >= 0.3 is 0 Å². The van der Waals surface area contributed by atoms with Gasteiger partial charge in [0.05, 0.1) is 4.90 Å². The van der Waals surface area contributed by atoms with Crippen LogP contribution in [0.3, 0.4) is 0 Å². The van der Waals surface area contributed by atoms with Crippen LogP contribution >= 0.6 is 0 Å². The maximum Gasteiger partial charge on any atom is 0.294 e. The molecular weight excluding hydrogens is 332 g/mol. The smallest absolute Gasteiger partial charge is 0.282 e. The van der Waals surface area contributed by atoms with Crippen LogP contribution < -0.4 is 0 Å². The summed E-state index contributed by atoms with van der Waals surface area (Å²) < 4.78 is 32.0. The molecular formula is C21H30O3S. The number of aryl methyl sites for hydroxylation is 1. The molecule has 25 heavy (non-hydrogen) atoms. The topological polar surface area (TPSA) is 54.4 Å². The van der Waals surface area contributed by atoms with Crippen LogP contribution in [0.5, 0.6) is 0 Å². The van der Waals surface area contributed by atoms with Crippen LogP contribution in [0.25, 0.3) is 10.8 Å². The highest BCUT2D eigenvalue weighted by molar-refractivity contribution is 7.85. The molecule has 2 aromatic carbocycles. The first-order valence-electron chi connectivity index (χ1n) is 9.51. The molecule has 0 aromatic heterocycles. The van der Waals surface area contributed by atoms with Crippen LogP contribution in [0.1, 0.15) is 70.3 Å². The van der Waals surface area contributed by atoms with Gasteiger partial charge in [-0.15, -0.1) is 0 Å². The molecule has 0 spiro atoms. The van der Waals surface area contributed by atoms with E-state index in [9.17, 15) is 13.0 Å². The monoisotopic (exact) mass is 362 g/mol. The lowest BCUT2D eigenvalue weighted by atomic mass is 9.99. The highest BCUT2D eigenvalue weighted by Crippen LogP contribution is 2.24. The molecule has 138 valence electrons. The molecule has 0 fully saturated rings. The molecule has 0 saturated carbocycles. The average molecular weight is 363 g/mol. The number of unbranched alkanes of at least 4 members (excludes halogenated alkanes) is 8. The van der Waals surface area contributed by atoms with Gasteiger partial charge in [-0.2, -0.15) is 8.42 Å². The molecule has 0 heterocycles. The predicted molar refractivity (Wildman–Crippen MR) is 105 cm³/mol. The summed E-state index contributed by atoms with van der Waals surface area (Å²) >= 11 is 0. The lowest BCUT2D eigenvalue weighted by molar-refractivity contribution is 0.483. The second-order valence-electron chi connectivity index (χ2n) is 6.85. The first-order valence-corrected chi connectivity index (χ1v) is 11.0. The minimum atomic E-state index is -4.15. The third-order valence-corrected chi connectivity index (χ3v) is 5.64. The van der Waals surface area contributed by atoms with E-state index < -0.39 is 10.1 Å². The first kappa shape index (κ1) is 19.9. The zero-order valence-electron chi connectivity index (χ0n) is 15.2. The summed E-state index contributed by atoms with van der Waals surface area (Å²) in [5, 5.41) is 1.94. The zero-order valence-corrected chi connectivity index (χ0v) is 16.0. The second-order valence-corrected chi connectivity index (χ2v) is 8.28. The number of fused-ring (bicyclic) bond motifs is 1. The summed E-state index contributed by atoms with van der Waals surface area (Å²) in [4.78, 5) is -0.0282. The Morgan fingerprint density at radius 2 is 1.48 bits per heavy atom. The molecule has 0 bridgehead atoms. The van der Waals surface area contributed by atoms with Crippen molar-refractivity contribution < 1.29 is 13.0 Å². The minimum absolute atomic E-state index is 0.0282. The fourth-order valence-corrected chi connectivity index (χ4v) is 3.83. The van der Waals surface area contributed by atoms with E-state index in [0.717, 1.165) is 29.2 Å². The first-order chi connectivity index (χ1) is 12.0. The number of hydrogen-bond acceptors (Lipinski definition) is 2. The van der Waals surface area contributed by atoms with E-state index >= 15 is 0 Å². The van der Waals surface area contributed by atoms with Crippen LogP contribution in [-0.2, 0) is 16.5 Å². The Morgan fingerprint density at radius 3 is 2.12 bits per heavy atom. The summed E-state index contributed by atoms with van der Waals surface area (Å²) in [5.74, 6) is 0. The lowest BCUT2D eigenvalue weighted by Gasteiger charge is -2.08. The van der Waals surface area contributed by atoms with Crippen molar-refractivity contribution in [1.29, 1.82) is 0 Å². The van der Waals surface area contributed by atoms with Gasteiger partial charge in [-0.1, -0.05) is 82.6 Å². The van der Waals surface area contributed by atoms with Crippen molar-refractivity contribution in [3.05, 3.63) is 42.0 Å². The highest BCUT2D eigenvalue weighted by atomic mass is 32.2. The van der Waals surface area contributed by atoms with E-state index in [2.05, 4.69) is 13.0 Å². The van der Waals surface area contributed by atoms with Gasteiger partial charge in [0.15, 0.2) is 0 Å². The standard InChI is InChI=1S/C21H30O3S/c1-2-3-4-5-6-7-8-9-10-12-18-13-11-14-19-15-16-20(17-21(18)19)25(22,23)24/h11,13-17H,2-10,12H2,1H3,(H,22,23,24). The van der Waals surface area contributed by atoms with Crippen LogP contribution in [0.4, 0.5) is 0 Å². The van der Waals surface area contributed by atoms with Crippen LogP contribution in [0.15, 0.2) is 41.3 Å². The molecule has 4 heteroatoms. The van der Waals surface area contributed by atoms with Gasteiger partial charge in [0, 0.05) is 0 Å². The molecule has 3 nitrogen and oxygen atoms in total. The molecule has 2 rings (SSSR count). The summed E-state index contributed by atoms with van der Waals surface area (Å²) in [6, 6.07) is 10.9. The van der Waals surface area contributed by atoms with Crippen molar-refractivity contribution >= 4 is 20.9 Å². The van der Waals surface area contributed by atoms with Gasteiger partial charge in [-0.25, -0.2) is 0 Å². The summed E-state index contributed by atoms with van der Waals surface area (Å²) in [7, 11) is -4.15. The predicted octanol–water partition coefficient (Wildman–Crippen LogP) is 6.16. The van der Waals surface area contributed by atoms with Crippen molar-refractivity contribution in [3.8, 4) is 0 Å². The molecule has 0 saturated heterocycles. The van der Waals surface area contributed by atoms with Crippen molar-refractivity contribution in [1.82, 2.24) is 0 Å². The SMILES string of the molecule is CCCCCCCCCCCc1cccc2ccc(S(=O)(=O)O)cc12. The van der Waals surface area contributed by atoms with E-state index in [4.69, 9.17) is 0 Å². The van der Waals surface area contributed by atoms with Crippen molar-refractivity contribution in [2.75, 3.05) is 0 Å². The van der Waals surface area contributed by atoms with Crippen molar-refractivity contribution in [2.24, 2.45) is 0 Å². The van der Waals surface area contributed by atoms with E-state index in [0.29, 0.717) is 0 Å². The molecule has 0 aliphatic rings. The number of rotatable bonds is 11. The number of hydrogen-bond donors (Lipinski definition) is 1. The second kappa shape index (κ2) is 9.93. The Labute approximate surface area is 152 Å². The van der Waals surface area contributed by atoms with Gasteiger partial charge in [-0.3, -0.25) is 4.55 Å². The maximum absolute atomic E-state index is 11.4. The Kier molecular flexibility index (Phi) is 7.91. The molecule has 0 radical (unpaired) electrons. The Morgan fingerprint density at radius 1 is 0.840 bits per heavy atom. The van der Waals surface area contributed by atoms with Gasteiger partial charge in [-0.05, 0) is 41.3 Å². The molecule has 0 unspecified atom stereocenters. The third-order valence-electron chi connectivity index (χ3n) is 4.79. The molecule has 0 amide bonds. The Hall–Kier alpha value is -1.39. The van der Waals surface area contributed by atoms with Crippen molar-refractivity contribution in [3.63, 3.8) is 0 Å². The van der Waals surface area contributed by atoms with Crippen LogP contribution in [-0.4, -0.2) is 13.0 Å². The van der Waals surface area contributed by atoms with Crippen molar-refractivity contribution in [2.45, 2.75) is 76.0 Å². The summed E-state index contributed by atoms with van der Waals surface area (Å²) in [6.45, 7) is 2.24. The molecule has 1 N–H and O–H groups in total. The van der Waals surface area contributed by atoms with E-state index in [1.54, 1.807) is 12.1 Å². The average Bonchev–Trinajstić information content (AvgIpc) is 2.59. The van der Waals surface area contributed by atoms with Gasteiger partial charge < -0.3 is 0 Å². The Balaban J connectivity index is 1.86. The molecule has 0 atom stereocenters. The third kappa shape index (κ3) is 6.44. The fraction of sp³-hybridized carbons (Fsp3) is 0.524. The van der Waals surface area contributed by atoms with Gasteiger partial charge in [0.1, 0.15) is 0 Å². The van der Waals surface area contributed by atoms with Crippen LogP contribution in [0, 0.1) is 0 Å². The van der Waals surface area contributed by atoms with Gasteiger partial charge in [0.2, 0.25) is 0 Å². The normalized spacial score (nSPS) is 11.9. The lowest BCUT2D eigenvalue weighted by Crippen LogP contribution is -1.98. The van der Waals surface area contributed by atoms with E-state index in [1.807, 2.05) is 12.1 Å². The molecule has 0 aliphatic heterocycles. The highest BCUT2D eigenvalue weighted by Gasteiger charge is 2.11. The number of benzene rings is 2. The Bertz CT molecular complexity index is 766. The molecule has 0 aliphatic carbocycles. The quantitative estimate of drug-likeness (QED) is 0.385. The maximum atomic E-state index is 11.4. The van der Waals surface area contributed by atoms with E-state index in [1.165, 1.54) is 57.4 Å². The summed E-state index contributed by atoms with van der Waals surface area (Å²) in [6.07, 6.45) is 12.6. The molecule has 2 aromatic rings. The largest absolute Gasteiger partial charge is 0.294 e. The fourth-order valence-electron chi connectivity index (χ4n) is 3.32. The van der Waals surface area contributed by atoms with Gasteiger partial charge in [0.25, 0.3) is 10.1 Å². The minimum Gasteiger partial charge on any atom is -0.282 e. The summed E-state index contributed by atoms with van der Waals surface area (Å²) in [5.41, 5.74) is 1.16.